The molecule has 0 radical (unpaired) electrons. The van der Waals surface area contributed by atoms with Gasteiger partial charge in [-0.3, -0.25) is 14.8 Å². The van der Waals surface area contributed by atoms with E-state index in [-0.39, 0.29) is 10.6 Å². The largest absolute Gasteiger partial charge is 0.279 e. The van der Waals surface area contributed by atoms with E-state index in [2.05, 4.69) is 4.72 Å². The summed E-state index contributed by atoms with van der Waals surface area (Å²) >= 11 is 0. The first-order chi connectivity index (χ1) is 9.78. The lowest BCUT2D eigenvalue weighted by atomic mass is 10.2. The Morgan fingerprint density at radius 1 is 1.14 bits per heavy atom. The number of rotatable bonds is 4. The maximum Gasteiger partial charge on any atom is 0.274 e. The molecule has 0 aliphatic carbocycles. The van der Waals surface area contributed by atoms with Crippen molar-refractivity contribution in [1.29, 1.82) is 0 Å². The molecule has 2 aromatic carbocycles. The fourth-order valence-electron chi connectivity index (χ4n) is 1.67. The molecular weight excluding hydrogens is 299 g/mol. The monoisotopic (exact) mass is 310 g/mol. The van der Waals surface area contributed by atoms with Gasteiger partial charge in [0, 0.05) is 6.07 Å². The minimum Gasteiger partial charge on any atom is -0.279 e. The molecular formula is C13H11FN2O4S. The molecule has 0 unspecified atom stereocenters. The van der Waals surface area contributed by atoms with Crippen molar-refractivity contribution in [2.24, 2.45) is 0 Å². The van der Waals surface area contributed by atoms with Crippen LogP contribution < -0.4 is 4.72 Å². The highest BCUT2D eigenvalue weighted by Gasteiger charge is 2.17. The van der Waals surface area contributed by atoms with Crippen LogP contribution in [0.5, 0.6) is 0 Å². The number of nitro benzene ring substituents is 1. The summed E-state index contributed by atoms with van der Waals surface area (Å²) in [4.78, 5) is 9.83. The van der Waals surface area contributed by atoms with Crippen molar-refractivity contribution in [2.45, 2.75) is 11.8 Å². The molecule has 21 heavy (non-hydrogen) atoms. The minimum absolute atomic E-state index is 0.0139. The molecule has 0 bridgehead atoms. The number of nitrogens with one attached hydrogen (secondary N) is 1. The second-order valence-corrected chi connectivity index (χ2v) is 6.06. The van der Waals surface area contributed by atoms with Crippen molar-refractivity contribution in [3.8, 4) is 0 Å². The zero-order chi connectivity index (χ0) is 15.6. The van der Waals surface area contributed by atoms with Crippen molar-refractivity contribution < 1.29 is 17.7 Å². The van der Waals surface area contributed by atoms with Crippen LogP contribution in [0.25, 0.3) is 0 Å². The molecule has 8 heteroatoms. The fourth-order valence-corrected chi connectivity index (χ4v) is 2.71. The highest BCUT2D eigenvalue weighted by Crippen LogP contribution is 2.23. The zero-order valence-electron chi connectivity index (χ0n) is 10.9. The average molecular weight is 310 g/mol. The van der Waals surface area contributed by atoms with Crippen molar-refractivity contribution in [2.75, 3.05) is 4.72 Å². The van der Waals surface area contributed by atoms with Crippen LogP contribution in [0.15, 0.2) is 47.4 Å². The standard InChI is InChI=1S/C13H11FN2O4S/c1-9-2-4-13(5-3-9)21(19,20)15-11-6-10(14)7-12(8-11)16(17)18/h2-8,15H,1H3. The molecule has 110 valence electrons. The number of non-ortho nitro benzene ring substituents is 1. The molecule has 0 atom stereocenters. The van der Waals surface area contributed by atoms with Gasteiger partial charge < -0.3 is 0 Å². The number of hydrogen-bond donors (Lipinski definition) is 1. The van der Waals surface area contributed by atoms with Gasteiger partial charge in [-0.1, -0.05) is 17.7 Å². The van der Waals surface area contributed by atoms with Crippen LogP contribution >= 0.6 is 0 Å². The maximum atomic E-state index is 13.3. The second kappa shape index (κ2) is 5.49. The smallest absolute Gasteiger partial charge is 0.274 e. The van der Waals surface area contributed by atoms with Crippen LogP contribution in [0.1, 0.15) is 5.56 Å². The summed E-state index contributed by atoms with van der Waals surface area (Å²) in [5.41, 5.74) is 0.147. The predicted molar refractivity (Wildman–Crippen MR) is 75.0 cm³/mol. The molecule has 2 aromatic rings. The van der Waals surface area contributed by atoms with E-state index >= 15 is 0 Å². The molecule has 0 heterocycles. The number of sulfonamides is 1. The van der Waals surface area contributed by atoms with E-state index in [1.165, 1.54) is 12.1 Å². The van der Waals surface area contributed by atoms with Crippen LogP contribution in [-0.4, -0.2) is 13.3 Å². The highest BCUT2D eigenvalue weighted by atomic mass is 32.2. The summed E-state index contributed by atoms with van der Waals surface area (Å²) in [6.45, 7) is 1.81. The molecule has 0 aliphatic rings. The van der Waals surface area contributed by atoms with Gasteiger partial charge in [-0.25, -0.2) is 12.8 Å². The molecule has 0 saturated carbocycles. The summed E-state index contributed by atoms with van der Waals surface area (Å²) in [6.07, 6.45) is 0. The van der Waals surface area contributed by atoms with Gasteiger partial charge in [-0.15, -0.1) is 0 Å². The first kappa shape index (κ1) is 14.9. The number of nitro groups is 1. The molecule has 0 spiro atoms. The lowest BCUT2D eigenvalue weighted by Crippen LogP contribution is -2.13. The SMILES string of the molecule is Cc1ccc(S(=O)(=O)Nc2cc(F)cc([N+](=O)[O-])c2)cc1. The van der Waals surface area contributed by atoms with Crippen LogP contribution in [-0.2, 0) is 10.0 Å². The van der Waals surface area contributed by atoms with Crippen LogP contribution in [0.4, 0.5) is 15.8 Å². The predicted octanol–water partition coefficient (Wildman–Crippen LogP) is 2.84. The first-order valence-corrected chi connectivity index (χ1v) is 7.31. The first-order valence-electron chi connectivity index (χ1n) is 5.82. The molecule has 6 nitrogen and oxygen atoms in total. The molecule has 0 amide bonds. The Labute approximate surface area is 120 Å². The molecule has 1 N–H and O–H groups in total. The Morgan fingerprint density at radius 3 is 2.33 bits per heavy atom. The Morgan fingerprint density at radius 2 is 1.76 bits per heavy atom. The Kier molecular flexibility index (Phi) is 3.90. The number of nitrogens with zero attached hydrogens (tertiary/aromatic N) is 1. The van der Waals surface area contributed by atoms with Crippen molar-refractivity contribution >= 4 is 21.4 Å². The number of aryl methyl sites for hydroxylation is 1. The highest BCUT2D eigenvalue weighted by molar-refractivity contribution is 7.92. The van der Waals surface area contributed by atoms with Crippen LogP contribution in [0.2, 0.25) is 0 Å². The molecule has 0 saturated heterocycles. The minimum atomic E-state index is -3.93. The lowest BCUT2D eigenvalue weighted by molar-refractivity contribution is -0.385. The van der Waals surface area contributed by atoms with E-state index in [1.807, 2.05) is 0 Å². The van der Waals surface area contributed by atoms with E-state index in [0.717, 1.165) is 17.7 Å². The van der Waals surface area contributed by atoms with Gasteiger partial charge in [-0.2, -0.15) is 0 Å². The van der Waals surface area contributed by atoms with E-state index < -0.39 is 26.5 Å². The van der Waals surface area contributed by atoms with E-state index in [4.69, 9.17) is 0 Å². The summed E-state index contributed by atoms with van der Waals surface area (Å²) in [6, 6.07) is 8.55. The van der Waals surface area contributed by atoms with E-state index in [0.29, 0.717) is 6.07 Å². The van der Waals surface area contributed by atoms with Gasteiger partial charge in [-0.05, 0) is 25.1 Å². The zero-order valence-corrected chi connectivity index (χ0v) is 11.7. The summed E-state index contributed by atoms with van der Waals surface area (Å²) in [5, 5.41) is 10.6. The Hall–Kier alpha value is -2.48. The van der Waals surface area contributed by atoms with Crippen LogP contribution in [0.3, 0.4) is 0 Å². The normalized spacial score (nSPS) is 11.1. The fraction of sp³-hybridized carbons (Fsp3) is 0.0769. The third-order valence-electron chi connectivity index (χ3n) is 2.68. The Bertz CT molecular complexity index is 788. The summed E-state index contributed by atoms with van der Waals surface area (Å²) in [7, 11) is -3.93. The molecule has 0 aromatic heterocycles. The van der Waals surface area contributed by atoms with Gasteiger partial charge >= 0.3 is 0 Å². The Balaban J connectivity index is 2.36. The van der Waals surface area contributed by atoms with Gasteiger partial charge in [0.05, 0.1) is 21.6 Å². The molecule has 0 fully saturated rings. The van der Waals surface area contributed by atoms with Crippen molar-refractivity contribution in [3.63, 3.8) is 0 Å². The van der Waals surface area contributed by atoms with Gasteiger partial charge in [0.2, 0.25) is 0 Å². The van der Waals surface area contributed by atoms with Crippen LogP contribution in [0, 0.1) is 22.9 Å². The van der Waals surface area contributed by atoms with Gasteiger partial charge in [0.25, 0.3) is 15.7 Å². The number of anilines is 1. The third-order valence-corrected chi connectivity index (χ3v) is 4.07. The molecule has 2 rings (SSSR count). The quantitative estimate of drug-likeness (QED) is 0.694. The summed E-state index contributed by atoms with van der Waals surface area (Å²) < 4.78 is 39.6. The van der Waals surface area contributed by atoms with E-state index in [1.54, 1.807) is 19.1 Å². The maximum absolute atomic E-state index is 13.3. The second-order valence-electron chi connectivity index (χ2n) is 4.37. The average Bonchev–Trinajstić information content (AvgIpc) is 2.37. The topological polar surface area (TPSA) is 89.3 Å². The van der Waals surface area contributed by atoms with Crippen molar-refractivity contribution in [1.82, 2.24) is 0 Å². The number of halogens is 1. The van der Waals surface area contributed by atoms with Gasteiger partial charge in [0.15, 0.2) is 0 Å². The lowest BCUT2D eigenvalue weighted by Gasteiger charge is -2.08. The molecule has 0 aliphatic heterocycles. The number of hydrogen-bond acceptors (Lipinski definition) is 4. The summed E-state index contributed by atoms with van der Waals surface area (Å²) in [5.74, 6) is -0.897. The van der Waals surface area contributed by atoms with Gasteiger partial charge in [0.1, 0.15) is 5.82 Å². The number of benzene rings is 2. The van der Waals surface area contributed by atoms with Crippen molar-refractivity contribution in [3.05, 3.63) is 64.0 Å². The third kappa shape index (κ3) is 3.54. The van der Waals surface area contributed by atoms with E-state index in [9.17, 15) is 22.9 Å².